The first-order valence-corrected chi connectivity index (χ1v) is 2.17. The van der Waals surface area contributed by atoms with Crippen molar-refractivity contribution in [1.29, 1.82) is 0 Å². The Kier molecular flexibility index (Phi) is 0.953. The monoisotopic (exact) mass is 91.0 g/mol. The molecule has 0 N–H and O–H groups in total. The number of hydrogen-bond acceptors (Lipinski definition) is 0. The molecule has 0 amide bonds. The Hall–Kier alpha value is -1.03. The van der Waals surface area contributed by atoms with Crippen LogP contribution in [0.15, 0.2) is 23.9 Å². The average molecular weight is 91.1 g/mol. The highest BCUT2D eigenvalue weighted by Crippen LogP contribution is 2.08. The highest BCUT2D eigenvalue weighted by molar-refractivity contribution is 5.30. The fourth-order valence-corrected chi connectivity index (χ4v) is 0.529. The summed E-state index contributed by atoms with van der Waals surface area (Å²) in [6.45, 7) is 6.51. The number of allylic oxidation sites excluding steroid dienone is 3. The standard InChI is InChI=1S/C6H5N/c1-7-6-4-2-3-5-6/h2,4-5H,3H2. The van der Waals surface area contributed by atoms with Crippen LogP contribution < -0.4 is 0 Å². The second-order valence-corrected chi connectivity index (χ2v) is 1.38. The molecule has 1 heteroatoms. The van der Waals surface area contributed by atoms with Gasteiger partial charge in [0, 0.05) is 0 Å². The molecule has 34 valence electrons. The second kappa shape index (κ2) is 1.61. The van der Waals surface area contributed by atoms with Gasteiger partial charge in [0.2, 0.25) is 0 Å². The lowest BCUT2D eigenvalue weighted by Crippen LogP contribution is -1.52. The van der Waals surface area contributed by atoms with Gasteiger partial charge in [0.25, 0.3) is 0 Å². The Morgan fingerprint density at radius 3 is 2.86 bits per heavy atom. The Labute approximate surface area is 42.8 Å². The van der Waals surface area contributed by atoms with E-state index in [2.05, 4.69) is 4.85 Å². The largest absolute Gasteiger partial charge is 0.239 e. The molecule has 0 aromatic rings. The van der Waals surface area contributed by atoms with Crippen LogP contribution in [0.3, 0.4) is 0 Å². The van der Waals surface area contributed by atoms with Crippen LogP contribution in [0, 0.1) is 6.57 Å². The lowest BCUT2D eigenvalue weighted by molar-refractivity contribution is 1.44. The van der Waals surface area contributed by atoms with Crippen molar-refractivity contribution in [1.82, 2.24) is 0 Å². The average Bonchev–Trinajstić information content (AvgIpc) is 2.14. The predicted octanol–water partition coefficient (Wildman–Crippen LogP) is 1.75. The summed E-state index contributed by atoms with van der Waals surface area (Å²) in [7, 11) is 0. The quantitative estimate of drug-likeness (QED) is 0.400. The first kappa shape index (κ1) is 4.14. The SMILES string of the molecule is [C-]#[N+]C1=CCC=C1. The van der Waals surface area contributed by atoms with E-state index in [4.69, 9.17) is 6.57 Å². The first-order chi connectivity index (χ1) is 3.43. The Morgan fingerprint density at radius 2 is 2.57 bits per heavy atom. The first-order valence-electron chi connectivity index (χ1n) is 2.17. The van der Waals surface area contributed by atoms with Gasteiger partial charge >= 0.3 is 0 Å². The van der Waals surface area contributed by atoms with E-state index in [1.165, 1.54) is 0 Å². The zero-order valence-corrected chi connectivity index (χ0v) is 3.89. The summed E-state index contributed by atoms with van der Waals surface area (Å²) in [5.74, 6) is 0. The van der Waals surface area contributed by atoms with Crippen LogP contribution in [0.2, 0.25) is 0 Å². The van der Waals surface area contributed by atoms with Crippen molar-refractivity contribution >= 4 is 0 Å². The predicted molar refractivity (Wildman–Crippen MR) is 28.4 cm³/mol. The molecular weight excluding hydrogens is 86.1 g/mol. The van der Waals surface area contributed by atoms with E-state index >= 15 is 0 Å². The maximum absolute atomic E-state index is 6.51. The fourth-order valence-electron chi connectivity index (χ4n) is 0.529. The Bertz CT molecular complexity index is 158. The minimum absolute atomic E-state index is 0.778. The van der Waals surface area contributed by atoms with Gasteiger partial charge in [0.15, 0.2) is 5.70 Å². The van der Waals surface area contributed by atoms with Crippen LogP contribution in [-0.4, -0.2) is 0 Å². The van der Waals surface area contributed by atoms with Gasteiger partial charge < -0.3 is 0 Å². The molecule has 0 bridgehead atoms. The van der Waals surface area contributed by atoms with Gasteiger partial charge in [-0.25, -0.2) is 4.85 Å². The van der Waals surface area contributed by atoms with Gasteiger partial charge in [-0.3, -0.25) is 0 Å². The molecule has 0 aromatic carbocycles. The van der Waals surface area contributed by atoms with E-state index in [9.17, 15) is 0 Å². The van der Waals surface area contributed by atoms with Crippen molar-refractivity contribution < 1.29 is 0 Å². The van der Waals surface area contributed by atoms with Crippen molar-refractivity contribution in [3.63, 3.8) is 0 Å². The molecule has 0 radical (unpaired) electrons. The van der Waals surface area contributed by atoms with Crippen LogP contribution in [0.5, 0.6) is 0 Å². The third-order valence-corrected chi connectivity index (χ3v) is 0.881. The molecule has 1 rings (SSSR count). The van der Waals surface area contributed by atoms with Crippen molar-refractivity contribution in [2.45, 2.75) is 6.42 Å². The number of rotatable bonds is 0. The molecule has 1 aliphatic carbocycles. The van der Waals surface area contributed by atoms with Crippen LogP contribution in [-0.2, 0) is 0 Å². The number of hydrogen-bond donors (Lipinski definition) is 0. The molecule has 1 aliphatic rings. The van der Waals surface area contributed by atoms with E-state index in [-0.39, 0.29) is 0 Å². The summed E-state index contributed by atoms with van der Waals surface area (Å²) in [5, 5.41) is 0. The smallest absolute Gasteiger partial charge is 0.183 e. The zero-order chi connectivity index (χ0) is 5.11. The van der Waals surface area contributed by atoms with Gasteiger partial charge in [-0.15, -0.1) is 0 Å². The van der Waals surface area contributed by atoms with E-state index in [0.717, 1.165) is 12.1 Å². The van der Waals surface area contributed by atoms with E-state index in [1.54, 1.807) is 0 Å². The minimum Gasteiger partial charge on any atom is -0.239 e. The molecule has 0 fully saturated rings. The van der Waals surface area contributed by atoms with Crippen LogP contribution in [0.4, 0.5) is 0 Å². The van der Waals surface area contributed by atoms with Gasteiger partial charge in [-0.05, 0) is 6.42 Å². The lowest BCUT2D eigenvalue weighted by Gasteiger charge is -1.70. The summed E-state index contributed by atoms with van der Waals surface area (Å²) in [6.07, 6.45) is 6.67. The molecular formula is C6H5N. The molecule has 0 saturated heterocycles. The van der Waals surface area contributed by atoms with E-state index in [0.29, 0.717) is 0 Å². The summed E-state index contributed by atoms with van der Waals surface area (Å²) >= 11 is 0. The molecule has 1 nitrogen and oxygen atoms in total. The molecule has 0 unspecified atom stereocenters. The fraction of sp³-hybridized carbons (Fsp3) is 0.167. The van der Waals surface area contributed by atoms with Crippen molar-refractivity contribution in [3.05, 3.63) is 35.3 Å². The summed E-state index contributed by atoms with van der Waals surface area (Å²) in [6, 6.07) is 0. The maximum Gasteiger partial charge on any atom is 0.183 e. The van der Waals surface area contributed by atoms with Crippen LogP contribution >= 0.6 is 0 Å². The molecule has 0 heterocycles. The van der Waals surface area contributed by atoms with Gasteiger partial charge in [0.05, 0.1) is 6.57 Å². The molecule has 7 heavy (non-hydrogen) atoms. The highest BCUT2D eigenvalue weighted by atomic mass is 14.6. The van der Waals surface area contributed by atoms with Crippen LogP contribution in [0.1, 0.15) is 6.42 Å². The van der Waals surface area contributed by atoms with Crippen LogP contribution in [0.25, 0.3) is 4.85 Å². The molecule has 0 aromatic heterocycles. The van der Waals surface area contributed by atoms with Gasteiger partial charge in [-0.2, -0.15) is 0 Å². The Morgan fingerprint density at radius 1 is 1.71 bits per heavy atom. The van der Waals surface area contributed by atoms with Crippen molar-refractivity contribution in [3.8, 4) is 0 Å². The van der Waals surface area contributed by atoms with Crippen molar-refractivity contribution in [2.75, 3.05) is 0 Å². The Balaban J connectivity index is 2.75. The molecule has 0 aliphatic heterocycles. The summed E-state index contributed by atoms with van der Waals surface area (Å²) < 4.78 is 0. The molecule has 0 spiro atoms. The normalized spacial score (nSPS) is 16.1. The lowest BCUT2D eigenvalue weighted by atomic mass is 10.5. The van der Waals surface area contributed by atoms with E-state index < -0.39 is 0 Å². The minimum atomic E-state index is 0.778. The zero-order valence-electron chi connectivity index (χ0n) is 3.89. The van der Waals surface area contributed by atoms with Crippen molar-refractivity contribution in [2.24, 2.45) is 0 Å². The topological polar surface area (TPSA) is 4.36 Å². The van der Waals surface area contributed by atoms with Gasteiger partial charge in [-0.1, -0.05) is 18.2 Å². The summed E-state index contributed by atoms with van der Waals surface area (Å²) in [5.41, 5.74) is 0.778. The summed E-state index contributed by atoms with van der Waals surface area (Å²) in [4.78, 5) is 3.21. The number of nitrogens with zero attached hydrogens (tertiary/aromatic N) is 1. The highest BCUT2D eigenvalue weighted by Gasteiger charge is 1.91. The third-order valence-electron chi connectivity index (χ3n) is 0.881. The molecule has 0 saturated carbocycles. The third kappa shape index (κ3) is 0.690. The van der Waals surface area contributed by atoms with Gasteiger partial charge in [0.1, 0.15) is 0 Å². The second-order valence-electron chi connectivity index (χ2n) is 1.38. The maximum atomic E-state index is 6.51. The molecule has 0 atom stereocenters. The van der Waals surface area contributed by atoms with E-state index in [1.807, 2.05) is 18.2 Å².